The summed E-state index contributed by atoms with van der Waals surface area (Å²) < 4.78 is 91.8. The van der Waals surface area contributed by atoms with Gasteiger partial charge in [-0.15, -0.1) is 0 Å². The van der Waals surface area contributed by atoms with Gasteiger partial charge in [-0.25, -0.2) is 8.42 Å². The number of fused-ring (bicyclic) bond motifs is 2. The zero-order valence-corrected chi connectivity index (χ0v) is 24.7. The number of phenolic OH excluding ortho intramolecular Hbond substituents is 1. The second-order valence-corrected chi connectivity index (χ2v) is 16.2. The Hall–Kier alpha value is -1.78. The maximum atomic E-state index is 15.3. The average Bonchev–Trinajstić information content (AvgIpc) is 3.36. The smallest absolute Gasteiger partial charge is 0.396 e. The molecule has 2 saturated carbocycles. The predicted octanol–water partition coefficient (Wildman–Crippen LogP) is 7.16. The summed E-state index contributed by atoms with van der Waals surface area (Å²) in [6.45, 7) is 12.5. The molecule has 1 N–H and O–H groups in total. The van der Waals surface area contributed by atoms with Crippen molar-refractivity contribution in [1.82, 2.24) is 0 Å². The van der Waals surface area contributed by atoms with E-state index in [-0.39, 0.29) is 41.8 Å². The van der Waals surface area contributed by atoms with E-state index in [4.69, 9.17) is 0 Å². The molecule has 2 aliphatic carbocycles. The van der Waals surface area contributed by atoms with Crippen LogP contribution < -0.4 is 0 Å². The first-order chi connectivity index (χ1) is 17.6. The number of halogens is 4. The molecule has 0 spiro atoms. The van der Waals surface area contributed by atoms with E-state index in [9.17, 15) is 26.9 Å². The highest BCUT2D eigenvalue weighted by Crippen LogP contribution is 2.62. The molecule has 216 valence electrons. The van der Waals surface area contributed by atoms with Crippen LogP contribution in [-0.2, 0) is 32.7 Å². The first-order valence-electron chi connectivity index (χ1n) is 13.0. The van der Waals surface area contributed by atoms with Crippen LogP contribution in [0, 0.1) is 11.8 Å². The molecule has 0 aromatic heterocycles. The van der Waals surface area contributed by atoms with Crippen LogP contribution in [0.15, 0.2) is 41.3 Å². The Kier molecular flexibility index (Phi) is 7.26. The lowest BCUT2D eigenvalue weighted by Crippen LogP contribution is -2.57. The van der Waals surface area contributed by atoms with Gasteiger partial charge in [-0.2, -0.15) is 17.6 Å². The summed E-state index contributed by atoms with van der Waals surface area (Å²) in [6.07, 6.45) is 0.741. The zero-order valence-electron chi connectivity index (χ0n) is 23.0. The van der Waals surface area contributed by atoms with Crippen LogP contribution in [0.3, 0.4) is 0 Å². The van der Waals surface area contributed by atoms with Gasteiger partial charge in [0, 0.05) is 23.7 Å². The van der Waals surface area contributed by atoms with E-state index in [2.05, 4.69) is 47.6 Å². The molecular weight excluding hydrogens is 552 g/mol. The van der Waals surface area contributed by atoms with E-state index < -0.39 is 32.0 Å². The van der Waals surface area contributed by atoms with Gasteiger partial charge >= 0.3 is 11.2 Å². The van der Waals surface area contributed by atoms with Gasteiger partial charge in [-0.05, 0) is 70.9 Å². The molecule has 2 aromatic carbocycles. The fourth-order valence-corrected chi connectivity index (χ4v) is 8.63. The maximum Gasteiger partial charge on any atom is 0.396 e. The molecule has 0 radical (unpaired) electrons. The number of hydrogen-bond acceptors (Lipinski definition) is 4. The standard InChI is InChI=1S/C29H36F4O4S2/c1-25(2,3)18-7-9-20(22(14-18)26(4,5)6)21-15-19(34)8-10-23(21)38-27-12-11-17(16-27)13-24(27)28(30,31)29(32,33)39(35,36)37/h7-10,14-15,17,24,34H,11-13,16H2,1-6H3,(H,35,36,37). The van der Waals surface area contributed by atoms with Crippen molar-refractivity contribution < 1.29 is 35.6 Å². The second kappa shape index (κ2) is 9.38. The van der Waals surface area contributed by atoms with Crippen LogP contribution >= 0.6 is 0 Å². The van der Waals surface area contributed by atoms with Crippen LogP contribution in [0.25, 0.3) is 11.1 Å². The van der Waals surface area contributed by atoms with Crippen molar-refractivity contribution in [2.45, 2.75) is 98.9 Å². The maximum absolute atomic E-state index is 15.3. The van der Waals surface area contributed by atoms with Crippen molar-refractivity contribution in [3.63, 3.8) is 0 Å². The van der Waals surface area contributed by atoms with E-state index in [0.717, 1.165) is 16.7 Å². The van der Waals surface area contributed by atoms with Gasteiger partial charge in [0.25, 0.3) is 0 Å². The van der Waals surface area contributed by atoms with Crippen molar-refractivity contribution in [2.75, 3.05) is 0 Å². The molecule has 3 unspecified atom stereocenters. The van der Waals surface area contributed by atoms with Gasteiger partial charge in [-0.3, -0.25) is 0 Å². The Bertz CT molecular complexity index is 1380. The third-order valence-electron chi connectivity index (χ3n) is 8.29. The number of alkyl halides is 4. The fourth-order valence-electron chi connectivity index (χ4n) is 6.21. The molecule has 2 aliphatic rings. The number of rotatable bonds is 6. The highest BCUT2D eigenvalue weighted by molar-refractivity contribution is 7.86. The van der Waals surface area contributed by atoms with Gasteiger partial charge in [0.05, 0.1) is 5.92 Å². The largest absolute Gasteiger partial charge is 0.743 e. The number of thiol groups is 1. The molecule has 3 atom stereocenters. The van der Waals surface area contributed by atoms with Crippen molar-refractivity contribution in [1.29, 1.82) is 0 Å². The van der Waals surface area contributed by atoms with E-state index in [1.165, 1.54) is 6.07 Å². The summed E-state index contributed by atoms with van der Waals surface area (Å²) in [7, 11) is -6.58. The van der Waals surface area contributed by atoms with Crippen LogP contribution in [0.5, 0.6) is 5.75 Å². The number of benzene rings is 2. The van der Waals surface area contributed by atoms with Crippen LogP contribution in [0.4, 0.5) is 17.6 Å². The van der Waals surface area contributed by atoms with Gasteiger partial charge in [-0.1, -0.05) is 59.7 Å². The molecule has 0 heterocycles. The third-order valence-corrected chi connectivity index (χ3v) is 11.0. The van der Waals surface area contributed by atoms with E-state index in [1.54, 1.807) is 12.1 Å². The molecule has 4 rings (SSSR count). The van der Waals surface area contributed by atoms with Gasteiger partial charge in [0.1, 0.15) is 10.5 Å². The molecule has 39 heavy (non-hydrogen) atoms. The first-order valence-corrected chi connectivity index (χ1v) is 15.3. The zero-order chi connectivity index (χ0) is 29.4. The molecule has 0 aliphatic heterocycles. The van der Waals surface area contributed by atoms with Gasteiger partial charge < -0.3 is 9.66 Å². The minimum Gasteiger partial charge on any atom is -0.743 e. The lowest BCUT2D eigenvalue weighted by Gasteiger charge is -2.39. The first kappa shape index (κ1) is 30.2. The average molecular weight is 589 g/mol. The Balaban J connectivity index is 1.85. The summed E-state index contributed by atoms with van der Waals surface area (Å²) in [6, 6.07) is 10.7. The topological polar surface area (TPSA) is 77.4 Å². The molecule has 4 nitrogen and oxygen atoms in total. The normalized spacial score (nSPS) is 24.4. The lowest BCUT2D eigenvalue weighted by atomic mass is 9.77. The second-order valence-electron chi connectivity index (χ2n) is 13.2. The fraction of sp³-hybridized carbons (Fsp3) is 0.586. The van der Waals surface area contributed by atoms with Crippen molar-refractivity contribution in [3.8, 4) is 16.9 Å². The minimum atomic E-state index is -6.58. The summed E-state index contributed by atoms with van der Waals surface area (Å²) in [5.74, 6) is -7.27. The van der Waals surface area contributed by atoms with Crippen molar-refractivity contribution in [2.24, 2.45) is 11.8 Å². The summed E-state index contributed by atoms with van der Waals surface area (Å²) in [4.78, 5) is 0.582. The molecule has 2 aromatic rings. The van der Waals surface area contributed by atoms with Crippen LogP contribution in [-0.4, -0.2) is 34.0 Å². The predicted molar refractivity (Wildman–Crippen MR) is 146 cm³/mol. The van der Waals surface area contributed by atoms with E-state index in [1.807, 2.05) is 12.1 Å². The summed E-state index contributed by atoms with van der Waals surface area (Å²) in [5.41, 5.74) is 3.04. The third kappa shape index (κ3) is 5.21. The number of phenols is 1. The van der Waals surface area contributed by atoms with Crippen LogP contribution in [0.2, 0.25) is 0 Å². The van der Waals surface area contributed by atoms with Crippen molar-refractivity contribution in [3.05, 3.63) is 47.5 Å². The van der Waals surface area contributed by atoms with Crippen LogP contribution in [0.1, 0.15) is 78.4 Å². The van der Waals surface area contributed by atoms with Crippen molar-refractivity contribution >= 4 is 21.9 Å². The molecule has 0 amide bonds. The van der Waals surface area contributed by atoms with Gasteiger partial charge in [0.2, 0.25) is 0 Å². The minimum absolute atomic E-state index is 0.0252. The monoisotopic (exact) mass is 588 g/mol. The number of hydrogen-bond donors (Lipinski definition) is 1. The number of aromatic hydroxyl groups is 1. The summed E-state index contributed by atoms with van der Waals surface area (Å²) >= 11 is 0.346. The molecule has 0 saturated heterocycles. The quantitative estimate of drug-likeness (QED) is 0.168. The van der Waals surface area contributed by atoms with Gasteiger partial charge in [0.15, 0.2) is 15.0 Å². The molecular formula is C29H36F4O4S2. The Morgan fingerprint density at radius 1 is 0.949 bits per heavy atom. The molecule has 10 heteroatoms. The SMILES string of the molecule is CC(C)(C)c1ccc(-c2cc(O)ccc2[SH+]C23CCC(CC2C(F)(F)C(F)(F)S(=O)(=O)[O-])C3)c(C(C)(C)C)c1. The highest BCUT2D eigenvalue weighted by atomic mass is 32.2. The lowest BCUT2D eigenvalue weighted by molar-refractivity contribution is -0.199. The summed E-state index contributed by atoms with van der Waals surface area (Å²) in [5, 5.41) is 4.71. The Morgan fingerprint density at radius 3 is 2.13 bits per heavy atom. The Morgan fingerprint density at radius 2 is 1.59 bits per heavy atom. The molecule has 2 bridgehead atoms. The van der Waals surface area contributed by atoms with E-state index >= 15 is 8.78 Å². The highest BCUT2D eigenvalue weighted by Gasteiger charge is 2.75. The van der Waals surface area contributed by atoms with E-state index in [0.29, 0.717) is 28.6 Å². The Labute approximate surface area is 232 Å². The molecule has 2 fully saturated rings.